The van der Waals surface area contributed by atoms with Crippen molar-refractivity contribution in [2.45, 2.75) is 6.04 Å². The van der Waals surface area contributed by atoms with Gasteiger partial charge in [-0.3, -0.25) is 4.79 Å². The lowest BCUT2D eigenvalue weighted by Gasteiger charge is -2.26. The molecular weight excluding hydrogens is 261 g/mol. The van der Waals surface area contributed by atoms with Gasteiger partial charge in [-0.15, -0.1) is 0 Å². The summed E-state index contributed by atoms with van der Waals surface area (Å²) >= 11 is 11.7. The predicted octanol–water partition coefficient (Wildman–Crippen LogP) is 2.52. The van der Waals surface area contributed by atoms with Gasteiger partial charge in [-0.25, -0.2) is 0 Å². The molecule has 1 fully saturated rings. The average Bonchev–Trinajstić information content (AvgIpc) is 2.25. The van der Waals surface area contributed by atoms with Gasteiger partial charge in [-0.2, -0.15) is 0 Å². The molecule has 0 aromatic heterocycles. The quantitative estimate of drug-likeness (QED) is 0.859. The van der Waals surface area contributed by atoms with Crippen LogP contribution in [-0.4, -0.2) is 25.2 Å². The molecule has 1 aliphatic heterocycles. The summed E-state index contributed by atoms with van der Waals surface area (Å²) in [6.07, 6.45) is 3.16. The molecular formula is C12H11Cl2NO2. The van der Waals surface area contributed by atoms with Crippen LogP contribution in [-0.2, 0) is 9.53 Å². The zero-order valence-electron chi connectivity index (χ0n) is 8.95. The molecule has 0 unspecified atom stereocenters. The number of halogens is 2. The lowest BCUT2D eigenvalue weighted by atomic mass is 10.2. The van der Waals surface area contributed by atoms with Crippen LogP contribution in [0.25, 0.3) is 6.08 Å². The topological polar surface area (TPSA) is 38.3 Å². The summed E-state index contributed by atoms with van der Waals surface area (Å²) in [5.74, 6) is -0.135. The van der Waals surface area contributed by atoms with Crippen molar-refractivity contribution in [1.29, 1.82) is 0 Å². The smallest absolute Gasteiger partial charge is 0.244 e. The van der Waals surface area contributed by atoms with E-state index in [2.05, 4.69) is 5.32 Å². The summed E-state index contributed by atoms with van der Waals surface area (Å²) in [4.78, 5) is 11.5. The Kier molecular flexibility index (Phi) is 4.05. The first kappa shape index (κ1) is 12.4. The maximum atomic E-state index is 11.5. The lowest BCUT2D eigenvalue weighted by Crippen LogP contribution is -2.48. The number of nitrogens with one attached hydrogen (secondary N) is 1. The number of carbonyl (C=O) groups is 1. The van der Waals surface area contributed by atoms with Crippen molar-refractivity contribution in [3.63, 3.8) is 0 Å². The molecule has 2 rings (SSSR count). The second-order valence-electron chi connectivity index (χ2n) is 3.75. The summed E-state index contributed by atoms with van der Waals surface area (Å²) in [7, 11) is 0. The van der Waals surface area contributed by atoms with Gasteiger partial charge in [-0.05, 0) is 23.8 Å². The molecule has 1 heterocycles. The van der Waals surface area contributed by atoms with Crippen LogP contribution < -0.4 is 5.32 Å². The van der Waals surface area contributed by atoms with Crippen molar-refractivity contribution in [1.82, 2.24) is 5.32 Å². The Hall–Kier alpha value is -1.03. The number of rotatable bonds is 3. The number of amides is 1. The van der Waals surface area contributed by atoms with Gasteiger partial charge in [0.2, 0.25) is 5.91 Å². The fourth-order valence-electron chi connectivity index (χ4n) is 1.36. The predicted molar refractivity (Wildman–Crippen MR) is 68.2 cm³/mol. The van der Waals surface area contributed by atoms with E-state index in [4.69, 9.17) is 27.9 Å². The van der Waals surface area contributed by atoms with E-state index in [-0.39, 0.29) is 11.9 Å². The molecule has 5 heteroatoms. The minimum absolute atomic E-state index is 0.135. The van der Waals surface area contributed by atoms with Crippen molar-refractivity contribution in [3.05, 3.63) is 39.9 Å². The van der Waals surface area contributed by atoms with Gasteiger partial charge < -0.3 is 10.1 Å². The minimum Gasteiger partial charge on any atom is -0.377 e. The highest BCUT2D eigenvalue weighted by atomic mass is 35.5. The van der Waals surface area contributed by atoms with Gasteiger partial charge >= 0.3 is 0 Å². The number of ether oxygens (including phenoxy) is 1. The Bertz CT molecular complexity index is 456. The Labute approximate surface area is 109 Å². The third-order valence-electron chi connectivity index (χ3n) is 2.36. The van der Waals surface area contributed by atoms with E-state index < -0.39 is 0 Å². The Balaban J connectivity index is 1.94. The molecule has 1 aliphatic rings. The lowest BCUT2D eigenvalue weighted by molar-refractivity contribution is -0.120. The molecule has 1 N–H and O–H groups in total. The second-order valence-corrected chi connectivity index (χ2v) is 4.56. The highest BCUT2D eigenvalue weighted by molar-refractivity contribution is 6.42. The zero-order valence-corrected chi connectivity index (χ0v) is 10.5. The number of hydrogen-bond donors (Lipinski definition) is 1. The molecule has 1 aromatic carbocycles. The molecule has 90 valence electrons. The molecule has 0 spiro atoms. The largest absolute Gasteiger partial charge is 0.377 e. The van der Waals surface area contributed by atoms with Gasteiger partial charge in [-0.1, -0.05) is 29.3 Å². The van der Waals surface area contributed by atoms with E-state index in [1.54, 1.807) is 24.3 Å². The van der Waals surface area contributed by atoms with E-state index in [9.17, 15) is 4.79 Å². The monoisotopic (exact) mass is 271 g/mol. The Morgan fingerprint density at radius 2 is 2.12 bits per heavy atom. The maximum absolute atomic E-state index is 11.5. The van der Waals surface area contributed by atoms with Crippen molar-refractivity contribution in [2.24, 2.45) is 0 Å². The van der Waals surface area contributed by atoms with Crippen molar-refractivity contribution >= 4 is 35.2 Å². The normalized spacial score (nSPS) is 15.9. The molecule has 1 aromatic rings. The molecule has 0 bridgehead atoms. The van der Waals surface area contributed by atoms with Gasteiger partial charge in [0.15, 0.2) is 0 Å². The van der Waals surface area contributed by atoms with Crippen LogP contribution in [0, 0.1) is 0 Å². The van der Waals surface area contributed by atoms with Gasteiger partial charge in [0.1, 0.15) is 0 Å². The highest BCUT2D eigenvalue weighted by Crippen LogP contribution is 2.23. The highest BCUT2D eigenvalue weighted by Gasteiger charge is 2.18. The molecule has 17 heavy (non-hydrogen) atoms. The third kappa shape index (κ3) is 3.46. The van der Waals surface area contributed by atoms with Crippen LogP contribution in [0.1, 0.15) is 5.56 Å². The summed E-state index contributed by atoms with van der Waals surface area (Å²) < 4.78 is 4.96. The first-order valence-corrected chi connectivity index (χ1v) is 5.92. The molecule has 0 aliphatic carbocycles. The molecule has 0 atom stereocenters. The van der Waals surface area contributed by atoms with Gasteiger partial charge in [0, 0.05) is 6.08 Å². The summed E-state index contributed by atoms with van der Waals surface area (Å²) in [5, 5.41) is 3.78. The molecule has 0 radical (unpaired) electrons. The van der Waals surface area contributed by atoms with Crippen LogP contribution in [0.5, 0.6) is 0 Å². The zero-order chi connectivity index (χ0) is 12.3. The molecule has 1 saturated heterocycles. The standard InChI is InChI=1S/C12H11Cl2NO2/c13-10-3-1-8(5-11(10)14)2-4-12(16)15-9-6-17-7-9/h1-5,9H,6-7H2,(H,15,16). The van der Waals surface area contributed by atoms with E-state index in [0.29, 0.717) is 23.3 Å². The number of benzene rings is 1. The fourth-order valence-corrected chi connectivity index (χ4v) is 1.66. The van der Waals surface area contributed by atoms with E-state index >= 15 is 0 Å². The van der Waals surface area contributed by atoms with Crippen LogP contribution in [0.15, 0.2) is 24.3 Å². The maximum Gasteiger partial charge on any atom is 0.244 e. The van der Waals surface area contributed by atoms with Crippen molar-refractivity contribution in [2.75, 3.05) is 13.2 Å². The Morgan fingerprint density at radius 3 is 2.71 bits per heavy atom. The van der Waals surface area contributed by atoms with Crippen molar-refractivity contribution in [3.8, 4) is 0 Å². The third-order valence-corrected chi connectivity index (χ3v) is 3.09. The fraction of sp³-hybridized carbons (Fsp3) is 0.250. The SMILES string of the molecule is O=C(C=Cc1ccc(Cl)c(Cl)c1)NC1COC1. The summed E-state index contributed by atoms with van der Waals surface area (Å²) in [5.41, 5.74) is 0.833. The van der Waals surface area contributed by atoms with Crippen LogP contribution in [0.3, 0.4) is 0 Å². The first-order chi connectivity index (χ1) is 8.15. The van der Waals surface area contributed by atoms with Crippen molar-refractivity contribution < 1.29 is 9.53 Å². The van der Waals surface area contributed by atoms with Gasteiger partial charge in [0.05, 0.1) is 29.3 Å². The number of hydrogen-bond acceptors (Lipinski definition) is 2. The molecule has 1 amide bonds. The number of carbonyl (C=O) groups excluding carboxylic acids is 1. The van der Waals surface area contributed by atoms with Gasteiger partial charge in [0.25, 0.3) is 0 Å². The second kappa shape index (κ2) is 5.54. The summed E-state index contributed by atoms with van der Waals surface area (Å²) in [6.45, 7) is 1.18. The summed E-state index contributed by atoms with van der Waals surface area (Å²) in [6, 6.07) is 5.34. The van der Waals surface area contributed by atoms with Crippen LogP contribution >= 0.6 is 23.2 Å². The van der Waals surface area contributed by atoms with E-state index in [1.165, 1.54) is 6.08 Å². The van der Waals surface area contributed by atoms with E-state index in [0.717, 1.165) is 5.56 Å². The van der Waals surface area contributed by atoms with E-state index in [1.807, 2.05) is 0 Å². The Morgan fingerprint density at radius 1 is 1.35 bits per heavy atom. The average molecular weight is 272 g/mol. The molecule has 3 nitrogen and oxygen atoms in total. The minimum atomic E-state index is -0.135. The molecule has 0 saturated carbocycles. The van der Waals surface area contributed by atoms with Crippen LogP contribution in [0.4, 0.5) is 0 Å². The first-order valence-electron chi connectivity index (χ1n) is 5.16. The van der Waals surface area contributed by atoms with Crippen LogP contribution in [0.2, 0.25) is 10.0 Å².